The van der Waals surface area contributed by atoms with E-state index in [1.807, 2.05) is 59.5 Å². The van der Waals surface area contributed by atoms with E-state index in [0.29, 0.717) is 24.5 Å². The summed E-state index contributed by atoms with van der Waals surface area (Å²) in [6.45, 7) is 0.535. The highest BCUT2D eigenvalue weighted by Crippen LogP contribution is 2.48. The molecule has 4 atom stereocenters. The summed E-state index contributed by atoms with van der Waals surface area (Å²) in [5.41, 5.74) is 9.33. The van der Waals surface area contributed by atoms with Gasteiger partial charge in [-0.2, -0.15) is 0 Å². The molecule has 3 aromatic rings. The van der Waals surface area contributed by atoms with Crippen molar-refractivity contribution in [2.24, 2.45) is 5.92 Å². The smallest absolute Gasteiger partial charge is 0.242 e. The minimum absolute atomic E-state index is 0.0340. The van der Waals surface area contributed by atoms with Crippen LogP contribution >= 0.6 is 0 Å². The zero-order valence-corrected chi connectivity index (χ0v) is 20.6. The van der Waals surface area contributed by atoms with Gasteiger partial charge in [0.2, 0.25) is 5.91 Å². The van der Waals surface area contributed by atoms with E-state index < -0.39 is 6.04 Å². The average molecular weight is 490 g/mol. The van der Waals surface area contributed by atoms with Gasteiger partial charge in [0.05, 0.1) is 33.4 Å². The Labute approximate surface area is 210 Å². The fourth-order valence-electron chi connectivity index (χ4n) is 5.45. The molecule has 0 radical (unpaired) electrons. The van der Waals surface area contributed by atoms with Crippen molar-refractivity contribution in [2.75, 3.05) is 27.9 Å². The lowest BCUT2D eigenvalue weighted by molar-refractivity contribution is -0.130. The number of aromatic hydroxyl groups is 1. The number of phenolic OH excluding ortho intramolecular Hbond substituents is 1. The number of hydrogen-bond donors (Lipinski definition) is 3. The summed E-state index contributed by atoms with van der Waals surface area (Å²) in [4.78, 5) is 15.6. The Kier molecular flexibility index (Phi) is 6.71. The predicted molar refractivity (Wildman–Crippen MR) is 135 cm³/mol. The summed E-state index contributed by atoms with van der Waals surface area (Å²) < 4.78 is 16.2. The normalized spacial score (nSPS) is 23.0. The predicted octanol–water partition coefficient (Wildman–Crippen LogP) is 3.38. The number of hydrogen-bond acceptors (Lipinski definition) is 7. The molecule has 0 aromatic heterocycles. The average Bonchev–Trinajstić information content (AvgIpc) is 3.46. The number of carbonyl (C=O) groups is 1. The van der Waals surface area contributed by atoms with Crippen molar-refractivity contribution in [1.29, 1.82) is 0 Å². The monoisotopic (exact) mass is 489 g/mol. The first kappa shape index (κ1) is 24.0. The van der Waals surface area contributed by atoms with Crippen LogP contribution in [0.15, 0.2) is 66.7 Å². The number of fused-ring (bicyclic) bond motifs is 1. The number of likely N-dealkylation sites (tertiary alicyclic amines) is 1. The van der Waals surface area contributed by atoms with Crippen molar-refractivity contribution in [1.82, 2.24) is 15.8 Å². The van der Waals surface area contributed by atoms with E-state index in [4.69, 9.17) is 14.2 Å². The van der Waals surface area contributed by atoms with Gasteiger partial charge in [0.25, 0.3) is 0 Å². The summed E-state index contributed by atoms with van der Waals surface area (Å²) in [6.07, 6.45) is 0.660. The van der Waals surface area contributed by atoms with Gasteiger partial charge in [0.15, 0.2) is 11.5 Å². The maximum atomic E-state index is 13.7. The third kappa shape index (κ3) is 4.23. The van der Waals surface area contributed by atoms with Crippen LogP contribution in [0.2, 0.25) is 0 Å². The summed E-state index contributed by atoms with van der Waals surface area (Å²) in [5, 5.41) is 10.6. The summed E-state index contributed by atoms with van der Waals surface area (Å²) in [7, 11) is 4.86. The number of carbonyl (C=O) groups excluding carboxylic acids is 1. The number of benzene rings is 3. The third-order valence-corrected chi connectivity index (χ3v) is 7.23. The molecule has 0 aliphatic carbocycles. The summed E-state index contributed by atoms with van der Waals surface area (Å²) in [5.74, 6) is 2.22. The van der Waals surface area contributed by atoms with Crippen LogP contribution in [-0.4, -0.2) is 49.8 Å². The SMILES string of the molecule is COc1ccc(C2C3C(NNC3c3ccccc3O)C(=O)N2CCc2ccc(OC)c(OC)c2)cc1. The van der Waals surface area contributed by atoms with Crippen LogP contribution in [0.25, 0.3) is 0 Å². The lowest BCUT2D eigenvalue weighted by atomic mass is 9.83. The van der Waals surface area contributed by atoms with Crippen molar-refractivity contribution < 1.29 is 24.1 Å². The van der Waals surface area contributed by atoms with E-state index in [2.05, 4.69) is 10.9 Å². The van der Waals surface area contributed by atoms with Gasteiger partial charge in [0.1, 0.15) is 17.5 Å². The Balaban J connectivity index is 1.48. The highest BCUT2D eigenvalue weighted by atomic mass is 16.5. The van der Waals surface area contributed by atoms with E-state index >= 15 is 0 Å². The largest absolute Gasteiger partial charge is 0.508 e. The van der Waals surface area contributed by atoms with E-state index in [1.165, 1.54) is 0 Å². The molecule has 3 aromatic carbocycles. The van der Waals surface area contributed by atoms with Crippen LogP contribution in [0, 0.1) is 5.92 Å². The molecule has 2 heterocycles. The lowest BCUT2D eigenvalue weighted by Gasteiger charge is -2.31. The number of nitrogens with zero attached hydrogens (tertiary/aromatic N) is 1. The van der Waals surface area contributed by atoms with Gasteiger partial charge in [0, 0.05) is 18.0 Å². The topological polar surface area (TPSA) is 92.3 Å². The second-order valence-electron chi connectivity index (χ2n) is 9.07. The molecule has 2 aliphatic rings. The molecule has 2 saturated heterocycles. The number of amides is 1. The Morgan fingerprint density at radius 2 is 1.58 bits per heavy atom. The van der Waals surface area contributed by atoms with Gasteiger partial charge in [-0.05, 0) is 47.9 Å². The minimum Gasteiger partial charge on any atom is -0.508 e. The van der Waals surface area contributed by atoms with Crippen molar-refractivity contribution in [3.63, 3.8) is 0 Å². The number of nitrogens with one attached hydrogen (secondary N) is 2. The molecule has 8 heteroatoms. The van der Waals surface area contributed by atoms with Crippen molar-refractivity contribution >= 4 is 5.91 Å². The highest BCUT2D eigenvalue weighted by Gasteiger charge is 2.55. The van der Waals surface area contributed by atoms with Crippen LogP contribution in [0.5, 0.6) is 23.0 Å². The maximum absolute atomic E-state index is 13.7. The molecule has 1 amide bonds. The molecule has 4 unspecified atom stereocenters. The second kappa shape index (κ2) is 10.1. The highest BCUT2D eigenvalue weighted by molar-refractivity contribution is 5.86. The molecule has 0 bridgehead atoms. The van der Waals surface area contributed by atoms with Crippen LogP contribution in [0.3, 0.4) is 0 Å². The standard InChI is InChI=1S/C28H31N3O5/c1-34-19-11-9-18(10-12-19)27-24-25(20-6-4-5-7-21(20)32)29-30-26(24)28(33)31(27)15-14-17-8-13-22(35-2)23(16-17)36-3/h4-13,16,24-27,29-30,32H,14-15H2,1-3H3. The Bertz CT molecular complexity index is 1230. The van der Waals surface area contributed by atoms with Crippen molar-refractivity contribution in [3.05, 3.63) is 83.4 Å². The van der Waals surface area contributed by atoms with Gasteiger partial charge in [-0.25, -0.2) is 10.9 Å². The first-order valence-corrected chi connectivity index (χ1v) is 12.0. The van der Waals surface area contributed by atoms with Gasteiger partial charge in [-0.3, -0.25) is 4.79 Å². The third-order valence-electron chi connectivity index (χ3n) is 7.23. The fourth-order valence-corrected chi connectivity index (χ4v) is 5.45. The molecular weight excluding hydrogens is 458 g/mol. The fraction of sp³-hybridized carbons (Fsp3) is 0.321. The number of phenols is 1. The van der Waals surface area contributed by atoms with E-state index in [9.17, 15) is 9.90 Å². The Morgan fingerprint density at radius 3 is 2.28 bits per heavy atom. The number of methoxy groups -OCH3 is 3. The molecule has 8 nitrogen and oxygen atoms in total. The molecule has 5 rings (SSSR count). The van der Waals surface area contributed by atoms with Crippen LogP contribution in [0.1, 0.15) is 28.8 Å². The van der Waals surface area contributed by atoms with E-state index in [-0.39, 0.29) is 29.7 Å². The molecule has 2 fully saturated rings. The number of hydrazine groups is 1. The van der Waals surface area contributed by atoms with Gasteiger partial charge in [-0.15, -0.1) is 0 Å². The molecular formula is C28H31N3O5. The summed E-state index contributed by atoms with van der Waals surface area (Å²) in [6, 6.07) is 20.1. The maximum Gasteiger partial charge on any atom is 0.242 e. The number of rotatable bonds is 8. The Morgan fingerprint density at radius 1 is 0.861 bits per heavy atom. The zero-order chi connectivity index (χ0) is 25.2. The van der Waals surface area contributed by atoms with Crippen molar-refractivity contribution in [2.45, 2.75) is 24.5 Å². The quantitative estimate of drug-likeness (QED) is 0.447. The minimum atomic E-state index is -0.410. The number of para-hydroxylation sites is 1. The molecule has 0 spiro atoms. The molecule has 0 saturated carbocycles. The molecule has 188 valence electrons. The lowest BCUT2D eigenvalue weighted by Crippen LogP contribution is -2.42. The van der Waals surface area contributed by atoms with Gasteiger partial charge < -0.3 is 24.2 Å². The van der Waals surface area contributed by atoms with Crippen LogP contribution < -0.4 is 25.1 Å². The van der Waals surface area contributed by atoms with E-state index in [1.54, 1.807) is 33.5 Å². The first-order valence-electron chi connectivity index (χ1n) is 12.0. The van der Waals surface area contributed by atoms with Gasteiger partial charge in [-0.1, -0.05) is 36.4 Å². The van der Waals surface area contributed by atoms with E-state index in [0.717, 1.165) is 22.4 Å². The number of ether oxygens (including phenoxy) is 3. The summed E-state index contributed by atoms with van der Waals surface area (Å²) >= 11 is 0. The molecule has 36 heavy (non-hydrogen) atoms. The molecule has 2 aliphatic heterocycles. The molecule has 3 N–H and O–H groups in total. The van der Waals surface area contributed by atoms with Crippen molar-refractivity contribution in [3.8, 4) is 23.0 Å². The first-order chi connectivity index (χ1) is 17.5. The van der Waals surface area contributed by atoms with Crippen LogP contribution in [-0.2, 0) is 11.2 Å². The van der Waals surface area contributed by atoms with Gasteiger partial charge >= 0.3 is 0 Å². The van der Waals surface area contributed by atoms with Crippen LogP contribution in [0.4, 0.5) is 0 Å². The second-order valence-corrected chi connectivity index (χ2v) is 9.07. The Hall–Kier alpha value is -3.75. The zero-order valence-electron chi connectivity index (χ0n) is 20.6.